The lowest BCUT2D eigenvalue weighted by molar-refractivity contribution is -0.149. The van der Waals surface area contributed by atoms with E-state index in [1.54, 1.807) is 12.3 Å². The van der Waals surface area contributed by atoms with Gasteiger partial charge in [0.15, 0.2) is 0 Å². The van der Waals surface area contributed by atoms with E-state index < -0.39 is 103 Å². The Morgan fingerprint density at radius 1 is 0.794 bits per heavy atom. The molecule has 1 aromatic heterocycles. The Bertz CT molecular complexity index is 2100. The van der Waals surface area contributed by atoms with E-state index in [-0.39, 0.29) is 37.3 Å². The molecule has 6 amide bonds. The number of hydrogen-bond acceptors (Lipinski definition) is 12. The van der Waals surface area contributed by atoms with Crippen LogP contribution in [0.3, 0.4) is 0 Å². The van der Waals surface area contributed by atoms with Crippen LogP contribution in [0.1, 0.15) is 63.0 Å². The van der Waals surface area contributed by atoms with E-state index >= 15 is 0 Å². The summed E-state index contributed by atoms with van der Waals surface area (Å²) in [7, 11) is 0. The van der Waals surface area contributed by atoms with Gasteiger partial charge in [-0.05, 0) is 74.9 Å². The summed E-state index contributed by atoms with van der Waals surface area (Å²) in [5.41, 5.74) is 13.3. The van der Waals surface area contributed by atoms with Gasteiger partial charge < -0.3 is 63.3 Å². The van der Waals surface area contributed by atoms with E-state index in [0.717, 1.165) is 10.9 Å². The number of rotatable bonds is 24. The second kappa shape index (κ2) is 23.9. The number of aromatic nitrogens is 1. The number of amides is 6. The molecule has 2 aromatic carbocycles. The van der Waals surface area contributed by atoms with Crippen LogP contribution in [-0.2, 0) is 51.2 Å². The number of nitrogens with two attached hydrogens (primary N) is 2. The lowest BCUT2D eigenvalue weighted by atomic mass is 10.0. The van der Waals surface area contributed by atoms with E-state index in [1.165, 1.54) is 36.1 Å². The Labute approximate surface area is 369 Å². The molecular formula is C42H57N9O11S. The van der Waals surface area contributed by atoms with Gasteiger partial charge in [-0.1, -0.05) is 36.8 Å². The van der Waals surface area contributed by atoms with Crippen LogP contribution >= 0.6 is 12.6 Å². The zero-order valence-corrected chi connectivity index (χ0v) is 35.8. The minimum Gasteiger partial charge on any atom is -0.508 e. The zero-order chi connectivity index (χ0) is 46.2. The number of phenols is 1. The summed E-state index contributed by atoms with van der Waals surface area (Å²) >= 11 is 4.14. The maximum absolute atomic E-state index is 14.4. The second-order valence-electron chi connectivity index (χ2n) is 15.4. The summed E-state index contributed by atoms with van der Waals surface area (Å²) in [4.78, 5) is 110. The Hall–Kier alpha value is -6.19. The van der Waals surface area contributed by atoms with Crippen LogP contribution in [-0.4, -0.2) is 134 Å². The fraction of sp³-hybridized carbons (Fsp3) is 0.476. The Balaban J connectivity index is 1.56. The Morgan fingerprint density at radius 2 is 1.43 bits per heavy atom. The van der Waals surface area contributed by atoms with Crippen molar-refractivity contribution in [3.63, 3.8) is 0 Å². The fourth-order valence-electron chi connectivity index (χ4n) is 7.15. The lowest BCUT2D eigenvalue weighted by Gasteiger charge is -2.29. The molecule has 0 spiro atoms. The topological polar surface area (TPSA) is 328 Å². The molecule has 0 saturated carbocycles. The molecule has 342 valence electrons. The highest BCUT2D eigenvalue weighted by atomic mass is 32.1. The first-order chi connectivity index (χ1) is 30.0. The molecule has 1 fully saturated rings. The van der Waals surface area contributed by atoms with E-state index in [9.17, 15) is 53.7 Å². The molecule has 1 aliphatic rings. The number of likely N-dealkylation sites (tertiary alicyclic amines) is 1. The van der Waals surface area contributed by atoms with Crippen molar-refractivity contribution in [3.05, 3.63) is 65.9 Å². The number of nitrogens with one attached hydrogen (secondary N) is 6. The highest BCUT2D eigenvalue weighted by Crippen LogP contribution is 2.23. The van der Waals surface area contributed by atoms with Gasteiger partial charge in [0.2, 0.25) is 35.4 Å². The first-order valence-electron chi connectivity index (χ1n) is 20.7. The van der Waals surface area contributed by atoms with Crippen LogP contribution in [0.15, 0.2) is 54.7 Å². The summed E-state index contributed by atoms with van der Waals surface area (Å²) in [5.74, 6) is -7.50. The lowest BCUT2D eigenvalue weighted by Crippen LogP contribution is -2.60. The third-order valence-electron chi connectivity index (χ3n) is 10.7. The third-order valence-corrected chi connectivity index (χ3v) is 11.1. The van der Waals surface area contributed by atoms with Crippen molar-refractivity contribution in [3.8, 4) is 5.75 Å². The van der Waals surface area contributed by atoms with Gasteiger partial charge in [-0.3, -0.25) is 33.6 Å². The fourth-order valence-corrected chi connectivity index (χ4v) is 7.41. The van der Waals surface area contributed by atoms with Gasteiger partial charge in [0.05, 0.1) is 6.04 Å². The summed E-state index contributed by atoms with van der Waals surface area (Å²) in [6, 6.07) is 4.15. The van der Waals surface area contributed by atoms with Crippen LogP contribution in [0.2, 0.25) is 0 Å². The smallest absolute Gasteiger partial charge is 0.326 e. The number of aromatic amines is 1. The maximum Gasteiger partial charge on any atom is 0.326 e. The number of carboxylic acid groups (broad SMARTS) is 2. The number of carboxylic acids is 2. The number of aromatic hydroxyl groups is 1. The minimum atomic E-state index is -1.56. The number of carbonyl (C=O) groups excluding carboxylic acids is 6. The summed E-state index contributed by atoms with van der Waals surface area (Å²) in [6.45, 7) is 1.87. The second-order valence-corrected chi connectivity index (χ2v) is 15.8. The number of benzene rings is 2. The van der Waals surface area contributed by atoms with E-state index in [4.69, 9.17) is 11.5 Å². The molecule has 2 heterocycles. The highest BCUT2D eigenvalue weighted by molar-refractivity contribution is 7.80. The largest absolute Gasteiger partial charge is 0.508 e. The molecule has 4 rings (SSSR count). The molecule has 0 aliphatic carbocycles. The molecular weight excluding hydrogens is 839 g/mol. The number of aliphatic carboxylic acids is 2. The molecule has 63 heavy (non-hydrogen) atoms. The first kappa shape index (κ1) is 49.5. The van der Waals surface area contributed by atoms with Crippen LogP contribution in [0.5, 0.6) is 5.75 Å². The molecule has 0 radical (unpaired) electrons. The van der Waals surface area contributed by atoms with Gasteiger partial charge in [0, 0.05) is 48.7 Å². The van der Waals surface area contributed by atoms with Crippen LogP contribution in [0, 0.1) is 0 Å². The van der Waals surface area contributed by atoms with Gasteiger partial charge in [-0.2, -0.15) is 12.6 Å². The molecule has 1 saturated heterocycles. The molecule has 0 bridgehead atoms. The summed E-state index contributed by atoms with van der Waals surface area (Å²) in [6.07, 6.45) is 2.63. The van der Waals surface area contributed by atoms with Gasteiger partial charge in [0.25, 0.3) is 0 Å². The van der Waals surface area contributed by atoms with E-state index in [1.807, 2.05) is 18.2 Å². The Kier molecular flexibility index (Phi) is 18.7. The molecule has 1 aliphatic heterocycles. The molecule has 7 atom stereocenters. The number of unbranched alkanes of at least 4 members (excludes halogenated alkanes) is 1. The maximum atomic E-state index is 14.4. The van der Waals surface area contributed by atoms with Gasteiger partial charge in [-0.15, -0.1) is 0 Å². The normalized spacial score (nSPS) is 16.4. The van der Waals surface area contributed by atoms with E-state index in [2.05, 4.69) is 44.2 Å². The summed E-state index contributed by atoms with van der Waals surface area (Å²) < 4.78 is 0. The summed E-state index contributed by atoms with van der Waals surface area (Å²) in [5, 5.41) is 42.8. The van der Waals surface area contributed by atoms with Gasteiger partial charge >= 0.3 is 11.9 Å². The predicted molar refractivity (Wildman–Crippen MR) is 233 cm³/mol. The number of phenolic OH excluding ortho intramolecular Hbond substituents is 1. The zero-order valence-electron chi connectivity index (χ0n) is 34.9. The van der Waals surface area contributed by atoms with Crippen molar-refractivity contribution in [2.75, 3.05) is 18.8 Å². The molecule has 13 N–H and O–H groups in total. The number of hydrogen-bond donors (Lipinski definition) is 12. The van der Waals surface area contributed by atoms with Crippen molar-refractivity contribution in [2.45, 2.75) is 107 Å². The molecule has 7 unspecified atom stereocenters. The molecule has 20 nitrogen and oxygen atoms in total. The van der Waals surface area contributed by atoms with Crippen molar-refractivity contribution >= 4 is 70.9 Å². The van der Waals surface area contributed by atoms with Crippen molar-refractivity contribution < 1.29 is 53.7 Å². The van der Waals surface area contributed by atoms with Gasteiger partial charge in [0.1, 0.15) is 42.0 Å². The van der Waals surface area contributed by atoms with Crippen LogP contribution in [0.25, 0.3) is 10.9 Å². The monoisotopic (exact) mass is 895 g/mol. The number of H-pyrrole nitrogens is 1. The third kappa shape index (κ3) is 14.4. The average Bonchev–Trinajstić information content (AvgIpc) is 3.92. The van der Waals surface area contributed by atoms with Crippen molar-refractivity contribution in [1.82, 2.24) is 36.5 Å². The highest BCUT2D eigenvalue weighted by Gasteiger charge is 2.39. The SMILES string of the molecule is CC(NC(=O)C(CS)NC(=O)C(N)CCCCN)C(=O)NC(CCC(=O)O)C(=O)NC(Cc1ccc(O)cc1)C(=O)NC(Cc1c[nH]c2ccccc12)C(=O)N1CCCC1C(=O)O. The van der Waals surface area contributed by atoms with Gasteiger partial charge in [-0.25, -0.2) is 4.79 Å². The van der Waals surface area contributed by atoms with Crippen molar-refractivity contribution in [1.29, 1.82) is 0 Å². The average molecular weight is 896 g/mol. The predicted octanol–water partition coefficient (Wildman–Crippen LogP) is -0.571. The molecule has 21 heteroatoms. The minimum absolute atomic E-state index is 0.0580. The van der Waals surface area contributed by atoms with Crippen LogP contribution < -0.4 is 38.1 Å². The molecule has 3 aromatic rings. The van der Waals surface area contributed by atoms with Crippen molar-refractivity contribution in [2.24, 2.45) is 11.5 Å². The standard InChI is InChI=1S/C42H57N9O11S/c1-23(46-40(59)33(22-63)50-37(56)28(44)8-4-5-17-43)36(55)47-30(15-16-35(53)54)38(57)48-31(19-24-11-13-26(52)14-12-24)39(58)49-32(41(60)51-18-6-10-34(51)42(61)62)20-25-21-45-29-9-3-2-7-27(25)29/h2-3,7,9,11-14,21,23,28,30-34,45,52,63H,4-6,8,10,15-20,22,43-44H2,1H3,(H,46,59)(H,47,55)(H,48,57)(H,49,58)(H,50,56)(H,53,54)(H,61,62). The number of nitrogens with zero attached hydrogens (tertiary/aromatic N) is 1. The van der Waals surface area contributed by atoms with Crippen LogP contribution in [0.4, 0.5) is 0 Å². The Morgan fingerprint density at radius 3 is 2.10 bits per heavy atom. The number of para-hydroxylation sites is 1. The number of thiol groups is 1. The van der Waals surface area contributed by atoms with E-state index in [0.29, 0.717) is 43.4 Å². The number of fused-ring (bicyclic) bond motifs is 1. The number of carbonyl (C=O) groups is 8. The quantitative estimate of drug-likeness (QED) is 0.0397. The first-order valence-corrected chi connectivity index (χ1v) is 21.3.